The number of halogens is 3. The number of carbonyl (C=O) groups is 1. The molecule has 4 rings (SSSR count). The maximum absolute atomic E-state index is 13.1. The second-order valence-electron chi connectivity index (χ2n) is 9.20. The number of hydrogen-bond acceptors (Lipinski definition) is 8. The molecule has 0 saturated carbocycles. The number of aliphatic hydroxyl groups excluding tert-OH is 1. The van der Waals surface area contributed by atoms with Crippen LogP contribution >= 0.6 is 0 Å². The third-order valence-electron chi connectivity index (χ3n) is 6.73. The lowest BCUT2D eigenvalue weighted by Gasteiger charge is -2.34. The zero-order valence-corrected chi connectivity index (χ0v) is 22.1. The molecule has 1 aliphatic rings. The van der Waals surface area contributed by atoms with E-state index in [0.29, 0.717) is 24.3 Å². The number of pyridine rings is 1. The van der Waals surface area contributed by atoms with Gasteiger partial charge in [0.25, 0.3) is 5.91 Å². The molecule has 2 N–H and O–H groups in total. The van der Waals surface area contributed by atoms with Crippen LogP contribution in [0, 0.1) is 0 Å². The van der Waals surface area contributed by atoms with E-state index in [0.717, 1.165) is 29.9 Å². The standard InChI is InChI=1S/C26H28F3N5O4S/c1-3-16-13-34(25-31-10-19(11-32-25)26(27,28)29)14-18-9-17(5-7-21(16)18)24(36)33-23(15-35)22-8-6-20(12-30-22)39(37,38)4-2/h5-12,16,23,35H,3-4,13-15H2,1-2H3,(H,33,36). The first-order valence-corrected chi connectivity index (χ1v) is 14.0. The first-order valence-electron chi connectivity index (χ1n) is 12.3. The molecule has 9 nitrogen and oxygen atoms in total. The summed E-state index contributed by atoms with van der Waals surface area (Å²) >= 11 is 0. The molecular weight excluding hydrogens is 535 g/mol. The number of anilines is 1. The van der Waals surface area contributed by atoms with Gasteiger partial charge in [-0.15, -0.1) is 0 Å². The van der Waals surface area contributed by atoms with Crippen molar-refractivity contribution >= 4 is 21.7 Å². The average Bonchev–Trinajstić information content (AvgIpc) is 2.94. The van der Waals surface area contributed by atoms with E-state index >= 15 is 0 Å². The molecule has 208 valence electrons. The smallest absolute Gasteiger partial charge is 0.394 e. The highest BCUT2D eigenvalue weighted by molar-refractivity contribution is 7.91. The van der Waals surface area contributed by atoms with Gasteiger partial charge in [-0.05, 0) is 41.8 Å². The number of sulfone groups is 1. The van der Waals surface area contributed by atoms with Gasteiger partial charge in [0.05, 0.1) is 34.6 Å². The predicted octanol–water partition coefficient (Wildman–Crippen LogP) is 3.66. The number of amides is 1. The molecule has 2 unspecified atom stereocenters. The van der Waals surface area contributed by atoms with Crippen LogP contribution in [0.15, 0.2) is 53.8 Å². The van der Waals surface area contributed by atoms with Crippen LogP contribution in [0.3, 0.4) is 0 Å². The molecule has 0 saturated heterocycles. The van der Waals surface area contributed by atoms with Crippen LogP contribution in [0.5, 0.6) is 0 Å². The van der Waals surface area contributed by atoms with Crippen LogP contribution in [0.4, 0.5) is 19.1 Å². The number of rotatable bonds is 8. The third-order valence-corrected chi connectivity index (χ3v) is 8.45. The van der Waals surface area contributed by atoms with Crippen LogP contribution in [0.25, 0.3) is 0 Å². The van der Waals surface area contributed by atoms with Gasteiger partial charge < -0.3 is 15.3 Å². The molecule has 0 aliphatic carbocycles. The lowest BCUT2D eigenvalue weighted by molar-refractivity contribution is -0.138. The van der Waals surface area contributed by atoms with Crippen molar-refractivity contribution in [1.29, 1.82) is 0 Å². The fraction of sp³-hybridized carbons (Fsp3) is 0.385. The van der Waals surface area contributed by atoms with E-state index in [1.807, 2.05) is 13.0 Å². The number of benzene rings is 1. The molecular formula is C26H28F3N5O4S. The minimum atomic E-state index is -4.53. The molecule has 2 atom stereocenters. The number of alkyl halides is 3. The summed E-state index contributed by atoms with van der Waals surface area (Å²) in [4.78, 5) is 26.9. The van der Waals surface area contributed by atoms with Crippen LogP contribution in [-0.2, 0) is 22.6 Å². The van der Waals surface area contributed by atoms with Crippen molar-refractivity contribution in [3.63, 3.8) is 0 Å². The Morgan fingerprint density at radius 2 is 1.85 bits per heavy atom. The summed E-state index contributed by atoms with van der Waals surface area (Å²) in [6, 6.07) is 7.22. The molecule has 0 fully saturated rings. The Morgan fingerprint density at radius 3 is 2.41 bits per heavy atom. The van der Waals surface area contributed by atoms with E-state index in [-0.39, 0.29) is 22.5 Å². The molecule has 1 aromatic carbocycles. The molecule has 2 aromatic heterocycles. The number of carbonyl (C=O) groups excluding carboxylic acids is 1. The third kappa shape index (κ3) is 6.19. The molecule has 3 aromatic rings. The maximum atomic E-state index is 13.1. The monoisotopic (exact) mass is 563 g/mol. The number of aromatic nitrogens is 3. The number of nitrogens with zero attached hydrogens (tertiary/aromatic N) is 4. The first-order chi connectivity index (χ1) is 18.5. The number of hydrogen-bond donors (Lipinski definition) is 2. The Bertz CT molecular complexity index is 1430. The normalized spacial score (nSPS) is 16.5. The van der Waals surface area contributed by atoms with Gasteiger partial charge in [-0.3, -0.25) is 9.78 Å². The summed E-state index contributed by atoms with van der Waals surface area (Å²) in [6.07, 6.45) is -1.05. The average molecular weight is 564 g/mol. The second-order valence-corrected chi connectivity index (χ2v) is 11.5. The minimum Gasteiger partial charge on any atom is -0.394 e. The first kappa shape index (κ1) is 28.4. The Balaban J connectivity index is 1.54. The minimum absolute atomic E-state index is 0.0542. The van der Waals surface area contributed by atoms with Crippen molar-refractivity contribution in [3.05, 3.63) is 76.9 Å². The Morgan fingerprint density at radius 1 is 1.13 bits per heavy atom. The zero-order chi connectivity index (χ0) is 28.4. The van der Waals surface area contributed by atoms with Gasteiger partial charge in [0.1, 0.15) is 0 Å². The van der Waals surface area contributed by atoms with Crippen LogP contribution in [0.2, 0.25) is 0 Å². The molecule has 13 heteroatoms. The van der Waals surface area contributed by atoms with E-state index in [1.54, 1.807) is 17.0 Å². The van der Waals surface area contributed by atoms with Gasteiger partial charge in [0, 0.05) is 43.2 Å². The summed E-state index contributed by atoms with van der Waals surface area (Å²) < 4.78 is 62.8. The zero-order valence-electron chi connectivity index (χ0n) is 21.3. The van der Waals surface area contributed by atoms with Crippen molar-refractivity contribution < 1.29 is 31.5 Å². The van der Waals surface area contributed by atoms with E-state index < -0.39 is 40.1 Å². The van der Waals surface area contributed by atoms with Crippen LogP contribution < -0.4 is 10.2 Å². The highest BCUT2D eigenvalue weighted by atomic mass is 32.2. The van der Waals surface area contributed by atoms with Crippen molar-refractivity contribution in [1.82, 2.24) is 20.3 Å². The largest absolute Gasteiger partial charge is 0.419 e. The fourth-order valence-corrected chi connectivity index (χ4v) is 5.27. The van der Waals surface area contributed by atoms with Gasteiger partial charge in [0.15, 0.2) is 9.84 Å². The number of aliphatic hydroxyl groups is 1. The van der Waals surface area contributed by atoms with Crippen molar-refractivity contribution in [3.8, 4) is 0 Å². The highest BCUT2D eigenvalue weighted by Gasteiger charge is 2.32. The van der Waals surface area contributed by atoms with E-state index in [9.17, 15) is 31.5 Å². The topological polar surface area (TPSA) is 125 Å². The number of fused-ring (bicyclic) bond motifs is 1. The fourth-order valence-electron chi connectivity index (χ4n) is 4.45. The molecule has 0 spiro atoms. The summed E-state index contributed by atoms with van der Waals surface area (Å²) in [5, 5.41) is 12.6. The molecule has 3 heterocycles. The Hall–Kier alpha value is -3.58. The Labute approximate surface area is 224 Å². The molecule has 39 heavy (non-hydrogen) atoms. The van der Waals surface area contributed by atoms with Crippen molar-refractivity contribution in [2.45, 2.75) is 49.8 Å². The van der Waals surface area contributed by atoms with Crippen LogP contribution in [-0.4, -0.2) is 53.3 Å². The maximum Gasteiger partial charge on any atom is 0.419 e. The highest BCUT2D eigenvalue weighted by Crippen LogP contribution is 2.34. The molecule has 1 aliphatic heterocycles. The molecule has 0 bridgehead atoms. The van der Waals surface area contributed by atoms with Gasteiger partial charge in [0.2, 0.25) is 5.95 Å². The lowest BCUT2D eigenvalue weighted by atomic mass is 9.87. The molecule has 1 amide bonds. The Kier molecular flexibility index (Phi) is 8.21. The summed E-state index contributed by atoms with van der Waals surface area (Å²) in [5.74, 6) is -0.320. The van der Waals surface area contributed by atoms with Gasteiger partial charge in [-0.25, -0.2) is 18.4 Å². The number of nitrogens with one attached hydrogen (secondary N) is 1. The van der Waals surface area contributed by atoms with Gasteiger partial charge >= 0.3 is 6.18 Å². The van der Waals surface area contributed by atoms with Crippen molar-refractivity contribution in [2.75, 3.05) is 23.8 Å². The van der Waals surface area contributed by atoms with E-state index in [1.165, 1.54) is 25.3 Å². The second kappa shape index (κ2) is 11.3. The predicted molar refractivity (Wildman–Crippen MR) is 137 cm³/mol. The molecule has 0 radical (unpaired) electrons. The van der Waals surface area contributed by atoms with Crippen LogP contribution in [0.1, 0.15) is 65.0 Å². The van der Waals surface area contributed by atoms with Crippen molar-refractivity contribution in [2.24, 2.45) is 0 Å². The lowest BCUT2D eigenvalue weighted by Crippen LogP contribution is -2.35. The summed E-state index contributed by atoms with van der Waals surface area (Å²) in [6.45, 7) is 3.89. The van der Waals surface area contributed by atoms with Gasteiger partial charge in [-0.1, -0.05) is 19.9 Å². The van der Waals surface area contributed by atoms with E-state index in [2.05, 4.69) is 20.3 Å². The summed E-state index contributed by atoms with van der Waals surface area (Å²) in [5.41, 5.74) is 1.55. The quantitative estimate of drug-likeness (QED) is 0.426. The van der Waals surface area contributed by atoms with Gasteiger partial charge in [-0.2, -0.15) is 13.2 Å². The SMILES string of the molecule is CCC1CN(c2ncc(C(F)(F)F)cn2)Cc2cc(C(=O)NC(CO)c3ccc(S(=O)(=O)CC)cn3)ccc21. The summed E-state index contributed by atoms with van der Waals surface area (Å²) in [7, 11) is -3.44. The van der Waals surface area contributed by atoms with E-state index in [4.69, 9.17) is 0 Å².